The third kappa shape index (κ3) is 3.07. The van der Waals surface area contributed by atoms with E-state index in [0.717, 1.165) is 36.8 Å². The minimum Gasteiger partial charge on any atom is -0.543 e. The molecule has 146 valence electrons. The Balaban J connectivity index is 1.90. The maximum Gasteiger partial charge on any atom is 0.250 e. The molecule has 0 heterocycles. The van der Waals surface area contributed by atoms with E-state index < -0.39 is 8.32 Å². The molecule has 2 aromatic rings. The fourth-order valence-electron chi connectivity index (χ4n) is 4.72. The number of hydrogen-bond acceptors (Lipinski definition) is 3. The van der Waals surface area contributed by atoms with Gasteiger partial charge >= 0.3 is 0 Å². The molecule has 27 heavy (non-hydrogen) atoms. The second-order valence-electron chi connectivity index (χ2n) is 9.99. The lowest BCUT2D eigenvalue weighted by Gasteiger charge is -2.38. The van der Waals surface area contributed by atoms with E-state index in [0.29, 0.717) is 11.8 Å². The van der Waals surface area contributed by atoms with Crippen LogP contribution in [-0.2, 0) is 6.42 Å². The van der Waals surface area contributed by atoms with Gasteiger partial charge < -0.3 is 14.6 Å². The van der Waals surface area contributed by atoms with Gasteiger partial charge in [-0.3, -0.25) is 0 Å². The molecule has 4 heteroatoms. The lowest BCUT2D eigenvalue weighted by Crippen LogP contribution is -2.44. The van der Waals surface area contributed by atoms with Crippen LogP contribution in [0.4, 0.5) is 0 Å². The maximum absolute atomic E-state index is 10.4. The van der Waals surface area contributed by atoms with E-state index in [1.807, 2.05) is 12.1 Å². The second-order valence-corrected chi connectivity index (χ2v) is 14.7. The molecule has 4 rings (SSSR count). The Morgan fingerprint density at radius 1 is 1.04 bits per heavy atom. The highest BCUT2D eigenvalue weighted by Gasteiger charge is 2.42. The van der Waals surface area contributed by atoms with Crippen molar-refractivity contribution in [1.82, 2.24) is 0 Å². The van der Waals surface area contributed by atoms with Crippen LogP contribution in [0.1, 0.15) is 57.1 Å². The molecular formula is C23H32O3Si. The summed E-state index contributed by atoms with van der Waals surface area (Å²) in [6, 6.07) is 7.93. The van der Waals surface area contributed by atoms with Crippen molar-refractivity contribution in [2.45, 2.75) is 76.6 Å². The molecule has 3 nitrogen and oxygen atoms in total. The zero-order valence-electron chi connectivity index (χ0n) is 17.2. The van der Waals surface area contributed by atoms with Gasteiger partial charge in [0.25, 0.3) is 8.32 Å². The summed E-state index contributed by atoms with van der Waals surface area (Å²) >= 11 is 0. The molecule has 2 unspecified atom stereocenters. The molecule has 0 amide bonds. The first kappa shape index (κ1) is 18.8. The number of hydrogen-bond donors (Lipinski definition) is 2. The fourth-order valence-corrected chi connectivity index (χ4v) is 5.75. The SMILES string of the molecule is CC(C)(C)[Si](C)(C)Oc1cc2c(c3ccc(O)cc13)CCC1C2CC[C@@H]1O. The van der Waals surface area contributed by atoms with Crippen LogP contribution >= 0.6 is 0 Å². The van der Waals surface area contributed by atoms with Crippen molar-refractivity contribution >= 4 is 19.1 Å². The van der Waals surface area contributed by atoms with E-state index in [4.69, 9.17) is 4.43 Å². The average Bonchev–Trinajstić information content (AvgIpc) is 2.95. The summed E-state index contributed by atoms with van der Waals surface area (Å²) in [5, 5.41) is 22.9. The smallest absolute Gasteiger partial charge is 0.250 e. The van der Waals surface area contributed by atoms with Crippen molar-refractivity contribution in [3.8, 4) is 11.5 Å². The minimum absolute atomic E-state index is 0.109. The molecular weight excluding hydrogens is 352 g/mol. The van der Waals surface area contributed by atoms with E-state index in [1.165, 1.54) is 16.5 Å². The van der Waals surface area contributed by atoms with Crippen molar-refractivity contribution in [2.75, 3.05) is 0 Å². The molecule has 1 saturated carbocycles. The van der Waals surface area contributed by atoms with Crippen molar-refractivity contribution in [1.29, 1.82) is 0 Å². The van der Waals surface area contributed by atoms with Crippen molar-refractivity contribution in [2.24, 2.45) is 5.92 Å². The fraction of sp³-hybridized carbons (Fsp3) is 0.565. The van der Waals surface area contributed by atoms with E-state index in [9.17, 15) is 10.2 Å². The van der Waals surface area contributed by atoms with Crippen LogP contribution in [0.25, 0.3) is 10.8 Å². The van der Waals surface area contributed by atoms with Gasteiger partial charge in [0.15, 0.2) is 0 Å². The number of fused-ring (bicyclic) bond motifs is 5. The summed E-state index contributed by atoms with van der Waals surface area (Å²) in [4.78, 5) is 0. The molecule has 0 aromatic heterocycles. The van der Waals surface area contributed by atoms with Gasteiger partial charge in [-0.2, -0.15) is 0 Å². The van der Waals surface area contributed by atoms with Gasteiger partial charge in [0.2, 0.25) is 0 Å². The molecule has 0 radical (unpaired) electrons. The number of aliphatic hydroxyl groups is 1. The quantitative estimate of drug-likeness (QED) is 0.650. The van der Waals surface area contributed by atoms with Crippen LogP contribution in [0.3, 0.4) is 0 Å². The number of aliphatic hydroxyl groups excluding tert-OH is 1. The van der Waals surface area contributed by atoms with E-state index in [2.05, 4.69) is 39.9 Å². The zero-order chi connectivity index (χ0) is 19.6. The Labute approximate surface area is 163 Å². The maximum atomic E-state index is 10.4. The summed E-state index contributed by atoms with van der Waals surface area (Å²) in [6.07, 6.45) is 3.85. The molecule has 2 N–H and O–H groups in total. The van der Waals surface area contributed by atoms with Gasteiger partial charge in [-0.25, -0.2) is 0 Å². The summed E-state index contributed by atoms with van der Waals surface area (Å²) in [5.41, 5.74) is 2.76. The number of aromatic hydroxyl groups is 1. The summed E-state index contributed by atoms with van der Waals surface area (Å²) < 4.78 is 6.74. The lowest BCUT2D eigenvalue weighted by molar-refractivity contribution is 0.120. The zero-order valence-corrected chi connectivity index (χ0v) is 18.2. The molecule has 1 fully saturated rings. The second kappa shape index (κ2) is 6.25. The highest BCUT2D eigenvalue weighted by Crippen LogP contribution is 2.51. The monoisotopic (exact) mass is 384 g/mol. The first-order valence-electron chi connectivity index (χ1n) is 10.2. The molecule has 2 aliphatic rings. The van der Waals surface area contributed by atoms with Gasteiger partial charge in [0, 0.05) is 5.39 Å². The molecule has 3 atom stereocenters. The average molecular weight is 385 g/mol. The Kier molecular flexibility index (Phi) is 4.35. The third-order valence-corrected chi connectivity index (χ3v) is 11.7. The van der Waals surface area contributed by atoms with Gasteiger partial charge in [0.1, 0.15) is 11.5 Å². The Hall–Kier alpha value is -1.52. The van der Waals surface area contributed by atoms with E-state index >= 15 is 0 Å². The number of aryl methyl sites for hydroxylation is 1. The predicted octanol–water partition coefficient (Wildman–Crippen LogP) is 5.73. The minimum atomic E-state index is -2.00. The van der Waals surface area contributed by atoms with Crippen molar-refractivity contribution in [3.63, 3.8) is 0 Å². The highest BCUT2D eigenvalue weighted by atomic mass is 28.4. The molecule has 0 spiro atoms. The number of benzene rings is 2. The molecule has 0 aliphatic heterocycles. The highest BCUT2D eigenvalue weighted by molar-refractivity contribution is 6.74. The number of rotatable bonds is 2. The lowest BCUT2D eigenvalue weighted by atomic mass is 9.75. The predicted molar refractivity (Wildman–Crippen MR) is 113 cm³/mol. The summed E-state index contributed by atoms with van der Waals surface area (Å²) in [7, 11) is -2.00. The summed E-state index contributed by atoms with van der Waals surface area (Å²) in [6.45, 7) is 11.3. The Morgan fingerprint density at radius 3 is 2.48 bits per heavy atom. The van der Waals surface area contributed by atoms with E-state index in [-0.39, 0.29) is 16.9 Å². The van der Waals surface area contributed by atoms with Gasteiger partial charge in [-0.1, -0.05) is 26.8 Å². The normalized spacial score (nSPS) is 25.3. The topological polar surface area (TPSA) is 49.7 Å². The van der Waals surface area contributed by atoms with Gasteiger partial charge in [-0.05, 0) is 90.4 Å². The van der Waals surface area contributed by atoms with Crippen LogP contribution in [0.5, 0.6) is 11.5 Å². The Bertz CT molecular complexity index is 881. The number of phenols is 1. The van der Waals surface area contributed by atoms with Gasteiger partial charge in [-0.15, -0.1) is 0 Å². The first-order chi connectivity index (χ1) is 12.6. The molecule has 2 aromatic carbocycles. The van der Waals surface area contributed by atoms with Crippen molar-refractivity contribution in [3.05, 3.63) is 35.4 Å². The van der Waals surface area contributed by atoms with Crippen LogP contribution in [0, 0.1) is 5.92 Å². The first-order valence-corrected chi connectivity index (χ1v) is 13.1. The largest absolute Gasteiger partial charge is 0.543 e. The van der Waals surface area contributed by atoms with Crippen LogP contribution in [0.15, 0.2) is 24.3 Å². The van der Waals surface area contributed by atoms with Crippen LogP contribution < -0.4 is 4.43 Å². The Morgan fingerprint density at radius 2 is 1.78 bits per heavy atom. The molecule has 0 saturated heterocycles. The van der Waals surface area contributed by atoms with E-state index in [1.54, 1.807) is 6.07 Å². The van der Waals surface area contributed by atoms with Crippen molar-refractivity contribution < 1.29 is 14.6 Å². The third-order valence-electron chi connectivity index (χ3n) is 7.31. The van der Waals surface area contributed by atoms with Crippen LogP contribution in [0.2, 0.25) is 18.1 Å². The number of phenolic OH excluding ortho intramolecular Hbond substituents is 1. The van der Waals surface area contributed by atoms with Crippen LogP contribution in [-0.4, -0.2) is 24.6 Å². The standard InChI is InChI=1S/C23H32O3Si/c1-23(2,3)27(4,5)26-22-13-19-15(16-7-6-14(24)12-20(16)22)8-9-18-17(19)10-11-21(18)25/h6-7,12-13,17-18,21,24-25H,8-11H2,1-5H3/t17?,18?,21-/m0/s1. The molecule has 0 bridgehead atoms. The molecule has 2 aliphatic carbocycles. The van der Waals surface area contributed by atoms with Gasteiger partial charge in [0.05, 0.1) is 6.10 Å². The summed E-state index contributed by atoms with van der Waals surface area (Å²) in [5.74, 6) is 2.01.